The van der Waals surface area contributed by atoms with E-state index in [1.807, 2.05) is 0 Å². The van der Waals surface area contributed by atoms with Crippen LogP contribution in [0, 0.1) is 5.82 Å². The van der Waals surface area contributed by atoms with Crippen molar-refractivity contribution in [2.45, 2.75) is 32.3 Å². The Kier molecular flexibility index (Phi) is 9.11. The lowest BCUT2D eigenvalue weighted by Crippen LogP contribution is -2.27. The van der Waals surface area contributed by atoms with E-state index in [9.17, 15) is 13.8 Å². The van der Waals surface area contributed by atoms with E-state index in [0.717, 1.165) is 0 Å². The molecule has 1 aliphatic rings. The molecule has 0 bridgehead atoms. The Morgan fingerprint density at radius 3 is 2.66 bits per heavy atom. The van der Waals surface area contributed by atoms with Crippen LogP contribution in [0.15, 0.2) is 36.7 Å². The summed E-state index contributed by atoms with van der Waals surface area (Å²) in [6, 6.07) is 7.11. The summed E-state index contributed by atoms with van der Waals surface area (Å²) < 4.78 is 62.9. The van der Waals surface area contributed by atoms with E-state index in [0.29, 0.717) is 42.0 Å². The molecule has 2 aromatic carbocycles. The number of carbonyl (C=O) groups is 1. The van der Waals surface area contributed by atoms with Gasteiger partial charge in [0.1, 0.15) is 29.8 Å². The van der Waals surface area contributed by atoms with Gasteiger partial charge in [0.05, 0.1) is 42.7 Å². The maximum absolute atomic E-state index is 15.1. The second-order valence-corrected chi connectivity index (χ2v) is 10.6. The Labute approximate surface area is 222 Å². The summed E-state index contributed by atoms with van der Waals surface area (Å²) in [5.74, 6) is -3.91. The molecule has 2 heterocycles. The lowest BCUT2D eigenvalue weighted by molar-refractivity contribution is -0.118. The zero-order chi connectivity index (χ0) is 27.3. The molecule has 38 heavy (non-hydrogen) atoms. The molecule has 1 unspecified atom stereocenters. The van der Waals surface area contributed by atoms with Gasteiger partial charge < -0.3 is 29.2 Å². The van der Waals surface area contributed by atoms with Crippen molar-refractivity contribution in [3.63, 3.8) is 0 Å². The molecule has 0 saturated carbocycles. The van der Waals surface area contributed by atoms with Crippen molar-refractivity contribution in [2.24, 2.45) is 0 Å². The molecular formula is C24H26ClF2N4O6P. The number of aromatic nitrogens is 2. The SMILES string of the molecule is CCOP(=O)(OCC)C(F)C(=O)Nc1cc2c(Nc3ccc(F)c(Cl)c3)ncnc2cc1O[C@H]1CCOC1. The molecule has 2 N–H and O–H groups in total. The topological polar surface area (TPSA) is 121 Å². The van der Waals surface area contributed by atoms with Gasteiger partial charge in [-0.2, -0.15) is 0 Å². The number of hydrogen-bond acceptors (Lipinski definition) is 9. The summed E-state index contributed by atoms with van der Waals surface area (Å²) in [5.41, 5.74) is 0.962. The van der Waals surface area contributed by atoms with Gasteiger partial charge in [0.2, 0.25) is 0 Å². The molecule has 1 amide bonds. The zero-order valence-corrected chi connectivity index (χ0v) is 22.2. The fourth-order valence-electron chi connectivity index (χ4n) is 3.74. The van der Waals surface area contributed by atoms with Gasteiger partial charge in [0.15, 0.2) is 0 Å². The van der Waals surface area contributed by atoms with Gasteiger partial charge in [-0.05, 0) is 38.1 Å². The Hall–Kier alpha value is -2.89. The standard InChI is InChI=1S/C24H26ClF2N4O6P/c1-3-35-38(33,36-4-2)22(27)24(32)31-20-10-16-19(11-21(20)37-15-7-8-34-12-15)28-13-29-23(16)30-14-5-6-18(26)17(25)9-14/h5-6,9-11,13,15,22H,3-4,7-8,12H2,1-2H3,(H,31,32)(H,28,29,30)/t15-,22?/m0/s1. The molecule has 1 aliphatic heterocycles. The van der Waals surface area contributed by atoms with Gasteiger partial charge in [-0.1, -0.05) is 11.6 Å². The van der Waals surface area contributed by atoms with Gasteiger partial charge in [-0.3, -0.25) is 9.36 Å². The number of anilines is 3. The zero-order valence-electron chi connectivity index (χ0n) is 20.6. The predicted octanol–water partition coefficient (Wildman–Crippen LogP) is 5.83. The summed E-state index contributed by atoms with van der Waals surface area (Å²) in [7, 11) is -4.38. The van der Waals surface area contributed by atoms with E-state index in [1.54, 1.807) is 6.07 Å². The van der Waals surface area contributed by atoms with Crippen LogP contribution in [0.3, 0.4) is 0 Å². The van der Waals surface area contributed by atoms with Crippen molar-refractivity contribution in [1.82, 2.24) is 9.97 Å². The maximum Gasteiger partial charge on any atom is 0.374 e. The first-order valence-corrected chi connectivity index (χ1v) is 13.8. The van der Waals surface area contributed by atoms with Crippen LogP contribution in [0.5, 0.6) is 5.75 Å². The molecular weight excluding hydrogens is 545 g/mol. The maximum atomic E-state index is 15.1. The number of nitrogens with one attached hydrogen (secondary N) is 2. The minimum Gasteiger partial charge on any atom is -0.486 e. The predicted molar refractivity (Wildman–Crippen MR) is 138 cm³/mol. The van der Waals surface area contributed by atoms with Crippen LogP contribution in [0.4, 0.5) is 26.0 Å². The smallest absolute Gasteiger partial charge is 0.374 e. The van der Waals surface area contributed by atoms with Crippen LogP contribution in [0.2, 0.25) is 5.02 Å². The van der Waals surface area contributed by atoms with E-state index in [1.165, 1.54) is 44.4 Å². The molecule has 10 nitrogen and oxygen atoms in total. The quantitative estimate of drug-likeness (QED) is 0.274. The van der Waals surface area contributed by atoms with Gasteiger partial charge in [0.25, 0.3) is 11.8 Å². The van der Waals surface area contributed by atoms with Crippen LogP contribution in [-0.4, -0.2) is 54.3 Å². The van der Waals surface area contributed by atoms with E-state index >= 15 is 4.39 Å². The number of hydrogen-bond donors (Lipinski definition) is 2. The average molecular weight is 571 g/mol. The fraction of sp³-hybridized carbons (Fsp3) is 0.375. The normalized spacial score (nSPS) is 16.4. The molecule has 0 spiro atoms. The van der Waals surface area contributed by atoms with Gasteiger partial charge >= 0.3 is 7.60 Å². The van der Waals surface area contributed by atoms with E-state index in [4.69, 9.17) is 30.1 Å². The number of amides is 1. The third-order valence-corrected chi connectivity index (χ3v) is 7.79. The summed E-state index contributed by atoms with van der Waals surface area (Å²) in [6.07, 6.45) is 1.63. The number of alkyl halides is 1. The third kappa shape index (κ3) is 6.39. The Morgan fingerprint density at radius 1 is 1.24 bits per heavy atom. The van der Waals surface area contributed by atoms with Crippen LogP contribution < -0.4 is 15.4 Å². The summed E-state index contributed by atoms with van der Waals surface area (Å²) in [5, 5.41) is 5.81. The first-order valence-electron chi connectivity index (χ1n) is 11.8. The van der Waals surface area contributed by atoms with Crippen LogP contribution in [-0.2, 0) is 23.1 Å². The van der Waals surface area contributed by atoms with E-state index in [-0.39, 0.29) is 35.8 Å². The Morgan fingerprint density at radius 2 is 2.00 bits per heavy atom. The van der Waals surface area contributed by atoms with Gasteiger partial charge in [0, 0.05) is 23.6 Å². The second-order valence-electron chi connectivity index (χ2n) is 8.15. The summed E-state index contributed by atoms with van der Waals surface area (Å²) in [4.78, 5) is 21.4. The second kappa shape index (κ2) is 12.3. The number of ether oxygens (including phenoxy) is 2. The lowest BCUT2D eigenvalue weighted by atomic mass is 10.1. The highest BCUT2D eigenvalue weighted by Gasteiger charge is 2.42. The summed E-state index contributed by atoms with van der Waals surface area (Å²) in [6.45, 7) is 3.64. The van der Waals surface area contributed by atoms with Crippen molar-refractivity contribution in [2.75, 3.05) is 37.1 Å². The van der Waals surface area contributed by atoms with Gasteiger partial charge in [-0.15, -0.1) is 0 Å². The highest BCUT2D eigenvalue weighted by Crippen LogP contribution is 2.54. The monoisotopic (exact) mass is 570 g/mol. The average Bonchev–Trinajstić information content (AvgIpc) is 3.40. The summed E-state index contributed by atoms with van der Waals surface area (Å²) >= 11 is 5.89. The molecule has 3 aromatic rings. The van der Waals surface area contributed by atoms with Crippen LogP contribution in [0.1, 0.15) is 20.3 Å². The molecule has 0 radical (unpaired) electrons. The number of fused-ring (bicyclic) bond motifs is 1. The third-order valence-electron chi connectivity index (χ3n) is 5.47. The minimum absolute atomic E-state index is 0.0755. The number of carbonyl (C=O) groups excluding carboxylic acids is 1. The van der Waals surface area contributed by atoms with Crippen molar-refractivity contribution in [3.8, 4) is 5.75 Å². The molecule has 0 aliphatic carbocycles. The molecule has 204 valence electrons. The number of benzene rings is 2. The van der Waals surface area contributed by atoms with Crippen molar-refractivity contribution < 1.29 is 36.7 Å². The highest BCUT2D eigenvalue weighted by molar-refractivity contribution is 7.55. The molecule has 4 rings (SSSR count). The van der Waals surface area contributed by atoms with Crippen molar-refractivity contribution >= 4 is 53.2 Å². The first-order chi connectivity index (χ1) is 18.2. The number of rotatable bonds is 11. The Balaban J connectivity index is 1.71. The molecule has 1 fully saturated rings. The fourth-order valence-corrected chi connectivity index (χ4v) is 5.33. The Bertz CT molecular complexity index is 1350. The number of nitrogens with zero attached hydrogens (tertiary/aromatic N) is 2. The first kappa shape index (κ1) is 28.1. The van der Waals surface area contributed by atoms with Crippen LogP contribution >= 0.6 is 19.2 Å². The van der Waals surface area contributed by atoms with Crippen molar-refractivity contribution in [1.29, 1.82) is 0 Å². The largest absolute Gasteiger partial charge is 0.486 e. The highest BCUT2D eigenvalue weighted by atomic mass is 35.5. The molecule has 14 heteroatoms. The van der Waals surface area contributed by atoms with Crippen LogP contribution in [0.25, 0.3) is 10.9 Å². The van der Waals surface area contributed by atoms with Crippen molar-refractivity contribution in [3.05, 3.63) is 47.5 Å². The number of halogens is 3. The van der Waals surface area contributed by atoms with Gasteiger partial charge in [-0.25, -0.2) is 18.7 Å². The molecule has 1 aromatic heterocycles. The molecule has 1 saturated heterocycles. The lowest BCUT2D eigenvalue weighted by Gasteiger charge is -2.21. The minimum atomic E-state index is -4.38. The molecule has 2 atom stereocenters. The van der Waals surface area contributed by atoms with E-state index < -0.39 is 25.2 Å². The van der Waals surface area contributed by atoms with E-state index in [2.05, 4.69) is 20.6 Å².